The average molecular weight is 291 g/mol. The Labute approximate surface area is 119 Å². The Bertz CT molecular complexity index is 656. The average Bonchev–Trinajstić information content (AvgIpc) is 3.01. The van der Waals surface area contributed by atoms with E-state index in [4.69, 9.17) is 11.6 Å². The SMILES string of the molecule is O=C1NC(Cc2cnc[nH]2)C(=O)N1c1ccccc1Cl. The van der Waals surface area contributed by atoms with Gasteiger partial charge in [0.25, 0.3) is 5.91 Å². The Morgan fingerprint density at radius 2 is 2.10 bits per heavy atom. The van der Waals surface area contributed by atoms with E-state index in [0.29, 0.717) is 17.1 Å². The summed E-state index contributed by atoms with van der Waals surface area (Å²) in [5, 5.41) is 3.01. The summed E-state index contributed by atoms with van der Waals surface area (Å²) in [7, 11) is 0. The number of H-pyrrole nitrogens is 1. The Morgan fingerprint density at radius 3 is 2.80 bits per heavy atom. The molecule has 0 bridgehead atoms. The monoisotopic (exact) mass is 290 g/mol. The second kappa shape index (κ2) is 4.97. The lowest BCUT2D eigenvalue weighted by Crippen LogP contribution is -2.32. The molecule has 2 heterocycles. The number of urea groups is 1. The highest BCUT2D eigenvalue weighted by Gasteiger charge is 2.39. The second-order valence-corrected chi connectivity index (χ2v) is 4.82. The van der Waals surface area contributed by atoms with Gasteiger partial charge in [-0.05, 0) is 12.1 Å². The molecule has 0 radical (unpaired) electrons. The molecule has 6 nitrogen and oxygen atoms in total. The van der Waals surface area contributed by atoms with E-state index in [0.717, 1.165) is 10.6 Å². The second-order valence-electron chi connectivity index (χ2n) is 4.41. The number of aromatic amines is 1. The number of anilines is 1. The minimum Gasteiger partial charge on any atom is -0.348 e. The molecule has 1 aromatic heterocycles. The van der Waals surface area contributed by atoms with E-state index in [1.165, 1.54) is 6.33 Å². The molecule has 0 aliphatic carbocycles. The van der Waals surface area contributed by atoms with Gasteiger partial charge < -0.3 is 10.3 Å². The Morgan fingerprint density at radius 1 is 1.30 bits per heavy atom. The highest BCUT2D eigenvalue weighted by Crippen LogP contribution is 2.28. The van der Waals surface area contributed by atoms with Gasteiger partial charge in [-0.1, -0.05) is 23.7 Å². The molecule has 1 aliphatic rings. The van der Waals surface area contributed by atoms with Crippen molar-refractivity contribution in [1.82, 2.24) is 15.3 Å². The number of imide groups is 1. The third-order valence-electron chi connectivity index (χ3n) is 3.09. The molecule has 1 unspecified atom stereocenters. The number of para-hydroxylation sites is 1. The number of carbonyl (C=O) groups excluding carboxylic acids is 2. The molecule has 1 aromatic carbocycles. The summed E-state index contributed by atoms with van der Waals surface area (Å²) in [6, 6.07) is 5.67. The summed E-state index contributed by atoms with van der Waals surface area (Å²) in [6.45, 7) is 0. The maximum absolute atomic E-state index is 12.3. The number of hydrogen-bond acceptors (Lipinski definition) is 3. The summed E-state index contributed by atoms with van der Waals surface area (Å²) in [5.41, 5.74) is 1.17. The first kappa shape index (κ1) is 12.7. The largest absolute Gasteiger partial charge is 0.348 e. The normalized spacial score (nSPS) is 18.4. The van der Waals surface area contributed by atoms with Gasteiger partial charge in [-0.3, -0.25) is 4.79 Å². The van der Waals surface area contributed by atoms with Crippen molar-refractivity contribution in [2.75, 3.05) is 4.90 Å². The molecule has 3 amide bonds. The van der Waals surface area contributed by atoms with Gasteiger partial charge in [0.05, 0.1) is 17.0 Å². The zero-order chi connectivity index (χ0) is 14.1. The molecular formula is C13H11ClN4O2. The van der Waals surface area contributed by atoms with Gasteiger partial charge in [0.2, 0.25) is 0 Å². The van der Waals surface area contributed by atoms with Gasteiger partial charge in [-0.25, -0.2) is 14.7 Å². The van der Waals surface area contributed by atoms with Gasteiger partial charge in [-0.2, -0.15) is 0 Å². The van der Waals surface area contributed by atoms with Crippen LogP contribution < -0.4 is 10.2 Å². The maximum atomic E-state index is 12.3. The van der Waals surface area contributed by atoms with Crippen molar-refractivity contribution < 1.29 is 9.59 Å². The van der Waals surface area contributed by atoms with Crippen molar-refractivity contribution in [3.05, 3.63) is 47.5 Å². The van der Waals surface area contributed by atoms with E-state index >= 15 is 0 Å². The fourth-order valence-electron chi connectivity index (χ4n) is 2.15. The smallest absolute Gasteiger partial charge is 0.329 e. The van der Waals surface area contributed by atoms with Crippen molar-refractivity contribution in [2.24, 2.45) is 0 Å². The molecule has 1 atom stereocenters. The van der Waals surface area contributed by atoms with Crippen LogP contribution >= 0.6 is 11.6 Å². The molecule has 1 aliphatic heterocycles. The highest BCUT2D eigenvalue weighted by atomic mass is 35.5. The predicted molar refractivity (Wildman–Crippen MR) is 73.5 cm³/mol. The van der Waals surface area contributed by atoms with Crippen LogP contribution in [0, 0.1) is 0 Å². The predicted octanol–water partition coefficient (Wildman–Crippen LogP) is 1.73. The molecule has 20 heavy (non-hydrogen) atoms. The standard InChI is InChI=1S/C13H11ClN4O2/c14-9-3-1-2-4-11(9)18-12(19)10(17-13(18)20)5-8-6-15-7-16-8/h1-4,6-7,10H,5H2,(H,15,16)(H,17,20). The summed E-state index contributed by atoms with van der Waals surface area (Å²) in [5.74, 6) is -0.322. The minimum absolute atomic E-state index is 0.322. The minimum atomic E-state index is -0.612. The lowest BCUT2D eigenvalue weighted by molar-refractivity contribution is -0.118. The van der Waals surface area contributed by atoms with Gasteiger partial charge in [0.1, 0.15) is 6.04 Å². The number of nitrogens with one attached hydrogen (secondary N) is 2. The van der Waals surface area contributed by atoms with Crippen molar-refractivity contribution in [3.63, 3.8) is 0 Å². The van der Waals surface area contributed by atoms with Crippen LogP contribution in [0.25, 0.3) is 0 Å². The summed E-state index contributed by atoms with van der Waals surface area (Å²) >= 11 is 6.04. The number of benzene rings is 1. The molecule has 3 rings (SSSR count). The van der Waals surface area contributed by atoms with Crippen LogP contribution in [0.5, 0.6) is 0 Å². The van der Waals surface area contributed by atoms with E-state index < -0.39 is 12.1 Å². The van der Waals surface area contributed by atoms with Crippen LogP contribution in [0.3, 0.4) is 0 Å². The molecule has 7 heteroatoms. The molecule has 0 spiro atoms. The molecule has 1 saturated heterocycles. The maximum Gasteiger partial charge on any atom is 0.329 e. The number of nitrogens with zero attached hydrogens (tertiary/aromatic N) is 2. The number of carbonyl (C=O) groups is 2. The third kappa shape index (κ3) is 2.14. The number of imidazole rings is 1. The number of hydrogen-bond donors (Lipinski definition) is 2. The van der Waals surface area contributed by atoms with E-state index in [1.54, 1.807) is 30.5 Å². The molecular weight excluding hydrogens is 280 g/mol. The van der Waals surface area contributed by atoms with Crippen LogP contribution in [-0.2, 0) is 11.2 Å². The Hall–Kier alpha value is -2.34. The van der Waals surface area contributed by atoms with E-state index in [1.807, 2.05) is 0 Å². The number of amides is 3. The fraction of sp³-hybridized carbons (Fsp3) is 0.154. The third-order valence-corrected chi connectivity index (χ3v) is 3.41. The zero-order valence-corrected chi connectivity index (χ0v) is 11.1. The summed E-state index contributed by atoms with van der Waals surface area (Å²) in [6.07, 6.45) is 3.52. The Kier molecular flexibility index (Phi) is 3.15. The van der Waals surface area contributed by atoms with Gasteiger partial charge in [-0.15, -0.1) is 0 Å². The first-order chi connectivity index (χ1) is 9.66. The van der Waals surface area contributed by atoms with Crippen LogP contribution in [0.1, 0.15) is 5.69 Å². The molecule has 102 valence electrons. The quantitative estimate of drug-likeness (QED) is 0.845. The fourth-order valence-corrected chi connectivity index (χ4v) is 2.37. The van der Waals surface area contributed by atoms with E-state index in [2.05, 4.69) is 15.3 Å². The van der Waals surface area contributed by atoms with Crippen LogP contribution in [0.2, 0.25) is 5.02 Å². The summed E-state index contributed by atoms with van der Waals surface area (Å²) in [4.78, 5) is 32.2. The Balaban J connectivity index is 1.86. The first-order valence-corrected chi connectivity index (χ1v) is 6.41. The number of aromatic nitrogens is 2. The van der Waals surface area contributed by atoms with Crippen LogP contribution in [-0.4, -0.2) is 27.9 Å². The molecule has 2 aromatic rings. The van der Waals surface area contributed by atoms with Gasteiger partial charge in [0, 0.05) is 18.3 Å². The summed E-state index contributed by atoms with van der Waals surface area (Å²) < 4.78 is 0. The van der Waals surface area contributed by atoms with Crippen molar-refractivity contribution in [2.45, 2.75) is 12.5 Å². The zero-order valence-electron chi connectivity index (χ0n) is 10.3. The van der Waals surface area contributed by atoms with Crippen LogP contribution in [0.15, 0.2) is 36.8 Å². The van der Waals surface area contributed by atoms with E-state index in [9.17, 15) is 9.59 Å². The molecule has 1 fully saturated rings. The van der Waals surface area contributed by atoms with Crippen LogP contribution in [0.4, 0.5) is 10.5 Å². The lowest BCUT2D eigenvalue weighted by atomic mass is 10.1. The topological polar surface area (TPSA) is 78.1 Å². The highest BCUT2D eigenvalue weighted by molar-refractivity contribution is 6.35. The van der Waals surface area contributed by atoms with E-state index in [-0.39, 0.29) is 5.91 Å². The van der Waals surface area contributed by atoms with Gasteiger partial charge >= 0.3 is 6.03 Å². The van der Waals surface area contributed by atoms with Gasteiger partial charge in [0.15, 0.2) is 0 Å². The lowest BCUT2D eigenvalue weighted by Gasteiger charge is -2.14. The molecule has 2 N–H and O–H groups in total. The number of halogens is 1. The van der Waals surface area contributed by atoms with Crippen molar-refractivity contribution in [1.29, 1.82) is 0 Å². The van der Waals surface area contributed by atoms with Crippen molar-refractivity contribution in [3.8, 4) is 0 Å². The first-order valence-electron chi connectivity index (χ1n) is 6.03. The number of rotatable bonds is 3. The molecule has 0 saturated carbocycles. The van der Waals surface area contributed by atoms with Crippen molar-refractivity contribution >= 4 is 29.2 Å².